The fourth-order valence-electron chi connectivity index (χ4n) is 2.20. The predicted molar refractivity (Wildman–Crippen MR) is 150 cm³/mol. The zero-order valence-corrected chi connectivity index (χ0v) is 66.5. The predicted octanol–water partition coefficient (Wildman–Crippen LogP) is 11.7. The molecule has 4 aromatic rings. The van der Waals surface area contributed by atoms with Crippen LogP contribution in [0, 0.1) is 72.5 Å². The summed E-state index contributed by atoms with van der Waals surface area (Å²) in [5, 5.41) is 0. The molecule has 0 spiro atoms. The Hall–Kier alpha value is 11.5. The first-order valence-electron chi connectivity index (χ1n) is 9.90. The Morgan fingerprint density at radius 3 is 1.08 bits per heavy atom. The Balaban J connectivity index is -0.0000000317. The van der Waals surface area contributed by atoms with E-state index in [4.69, 9.17) is 0 Å². The first-order valence-corrected chi connectivity index (χ1v) is 13.1. The maximum atomic E-state index is 12.3. The first-order chi connectivity index (χ1) is 17.6. The van der Waals surface area contributed by atoms with Crippen LogP contribution in [0.3, 0.4) is 0 Å². The van der Waals surface area contributed by atoms with Gasteiger partial charge in [0.05, 0.1) is 8.95 Å². The molecule has 24 heteroatoms. The van der Waals surface area contributed by atoms with Crippen molar-refractivity contribution in [3.63, 3.8) is 0 Å². The average Bonchev–Trinajstić information content (AvgIpc) is 2.83. The summed E-state index contributed by atoms with van der Waals surface area (Å²) < 4.78 is 98.8. The van der Waals surface area contributed by atoms with Crippen molar-refractivity contribution >= 4 is 63.7 Å². The van der Waals surface area contributed by atoms with Crippen molar-refractivity contribution in [1.82, 2.24) is 0 Å². The molecule has 0 amide bonds. The van der Waals surface area contributed by atoms with E-state index in [1.54, 1.807) is 0 Å². The second-order valence-electron chi connectivity index (χ2n) is 6.90. The van der Waals surface area contributed by atoms with Crippen LogP contribution in [-0.4, -0.2) is 0 Å². The molecule has 51 heavy (non-hydrogen) atoms. The van der Waals surface area contributed by atoms with Gasteiger partial charge in [0.2, 0.25) is 0 Å². The molecule has 12 radical (unpaired) electrons. The summed E-state index contributed by atoms with van der Waals surface area (Å²) in [7, 11) is 0. The van der Waals surface area contributed by atoms with Crippen LogP contribution in [0.1, 0.15) is 18.6 Å². The zero-order valence-electron chi connectivity index (χ0n) is 26.1. The smallest absolute Gasteiger partial charge is 0.176 e. The van der Waals surface area contributed by atoms with Crippen molar-refractivity contribution in [2.75, 3.05) is 0 Å². The molecule has 0 N–H and O–H groups in total. The number of hydrogen-bond donors (Lipinski definition) is 0. The summed E-state index contributed by atoms with van der Waals surface area (Å²) >= 11 is 11.5. The maximum Gasteiger partial charge on any atom is 0.176 e. The van der Waals surface area contributed by atoms with Crippen LogP contribution < -0.4 is 0 Å². The van der Waals surface area contributed by atoms with Gasteiger partial charge in [-0.15, -0.1) is 0 Å². The molecule has 0 aliphatic rings. The van der Waals surface area contributed by atoms with Gasteiger partial charge in [0.15, 0.2) is 34.9 Å². The van der Waals surface area contributed by atoms with Crippen molar-refractivity contribution in [1.29, 1.82) is 0 Å². The SMILES string of the molecule is C.Cc1[c-]c[c-]c(C)c1Br.Fc1cc(F)c(F)c(Br)c1F.Fc1cc(F)cc(Br)c1.Fc1cccc(Br)c1F.[Y].[Y].[Y].[Y].[Y].[Y].[Y].[Y].[Y].[Y].[Y].[Y]. The zero-order chi connectivity index (χ0) is 29.2. The van der Waals surface area contributed by atoms with E-state index in [-0.39, 0.29) is 410 Å². The third-order valence-corrected chi connectivity index (χ3v) is 6.98. The summed E-state index contributed by atoms with van der Waals surface area (Å²) in [6, 6.07) is 15.2. The fourth-order valence-corrected chi connectivity index (χ4v) is 3.59. The molecule has 0 bridgehead atoms. The second-order valence-corrected chi connectivity index (χ2v) is 10.3. The van der Waals surface area contributed by atoms with Crippen molar-refractivity contribution < 1.29 is 428 Å². The van der Waals surface area contributed by atoms with E-state index in [1.807, 2.05) is 19.9 Å². The third-order valence-electron chi connectivity index (χ3n) is 4.03. The van der Waals surface area contributed by atoms with Crippen LogP contribution >= 0.6 is 63.7 Å². The second kappa shape index (κ2) is 55.8. The van der Waals surface area contributed by atoms with Crippen LogP contribution in [0.25, 0.3) is 0 Å². The Morgan fingerprint density at radius 1 is 0.451 bits per heavy atom. The van der Waals surface area contributed by atoms with Gasteiger partial charge in [-0.05, 0) is 56.1 Å². The number of hydrogen-bond acceptors (Lipinski definition) is 0. The van der Waals surface area contributed by atoms with E-state index >= 15 is 0 Å². The van der Waals surface area contributed by atoms with Crippen molar-refractivity contribution in [2.45, 2.75) is 21.3 Å². The van der Waals surface area contributed by atoms with Crippen LogP contribution in [-0.2, 0) is 393 Å². The van der Waals surface area contributed by atoms with Crippen molar-refractivity contribution in [2.24, 2.45) is 0 Å². The molecular formula is C27H18Br4F8Y12-2. The molecule has 0 atom stereocenters. The van der Waals surface area contributed by atoms with Gasteiger partial charge in [-0.3, -0.25) is 11.1 Å². The molecule has 0 aliphatic carbocycles. The molecule has 0 saturated carbocycles. The summed E-state index contributed by atoms with van der Waals surface area (Å²) in [5.41, 5.74) is 2.29. The monoisotopic (exact) mass is 1880 g/mol. The third kappa shape index (κ3) is 42.6. The van der Waals surface area contributed by atoms with Gasteiger partial charge in [-0.25, -0.2) is 55.5 Å². The molecule has 0 fully saturated rings. The van der Waals surface area contributed by atoms with Crippen molar-refractivity contribution in [3.8, 4) is 0 Å². The number of aryl methyl sites for hydroxylation is 2. The van der Waals surface area contributed by atoms with Crippen LogP contribution in [0.15, 0.2) is 66.4 Å². The van der Waals surface area contributed by atoms with Gasteiger partial charge in [0.25, 0.3) is 0 Å². The van der Waals surface area contributed by atoms with Gasteiger partial charge in [-0.1, -0.05) is 43.3 Å². The fraction of sp³-hybridized carbons (Fsp3) is 0.111. The molecule has 0 saturated heterocycles. The van der Waals surface area contributed by atoms with Gasteiger partial charge >= 0.3 is 0 Å². The minimum Gasteiger partial charge on any atom is -0.355 e. The molecule has 0 aliphatic heterocycles. The molecule has 0 heterocycles. The van der Waals surface area contributed by atoms with Gasteiger partial charge in [0.1, 0.15) is 11.6 Å². The van der Waals surface area contributed by atoms with Gasteiger partial charge in [0, 0.05) is 409 Å². The Labute approximate surface area is 631 Å². The van der Waals surface area contributed by atoms with E-state index in [9.17, 15) is 35.1 Å². The molecule has 0 unspecified atom stereocenters. The quantitative estimate of drug-likeness (QED) is 0.0712. The normalized spacial score (nSPS) is 7.33. The largest absolute Gasteiger partial charge is 0.355 e. The van der Waals surface area contributed by atoms with Crippen LogP contribution in [0.5, 0.6) is 0 Å². The van der Waals surface area contributed by atoms with E-state index < -0.39 is 51.0 Å². The van der Waals surface area contributed by atoms with Gasteiger partial charge < -0.3 is 18.2 Å². The Kier molecular flexibility index (Phi) is 106. The van der Waals surface area contributed by atoms with Crippen molar-refractivity contribution in [3.05, 3.63) is 136 Å². The topological polar surface area (TPSA) is 0 Å². The minimum absolute atomic E-state index is 0. The first kappa shape index (κ1) is 96.5. The van der Waals surface area contributed by atoms with E-state index in [0.717, 1.165) is 27.7 Å². The average molecular weight is 1880 g/mol. The Bertz CT molecular complexity index is 1250. The summed E-state index contributed by atoms with van der Waals surface area (Å²) in [6.45, 7) is 4.04. The molecule has 4 aromatic carbocycles. The summed E-state index contributed by atoms with van der Waals surface area (Å²) in [4.78, 5) is 0. The molecule has 248 valence electrons. The Morgan fingerprint density at radius 2 is 0.804 bits per heavy atom. The summed E-state index contributed by atoms with van der Waals surface area (Å²) in [5.74, 6) is -8.50. The molecular weight excluding hydrogens is 1860 g/mol. The minimum atomic E-state index is -1.43. The van der Waals surface area contributed by atoms with Crippen LogP contribution in [0.4, 0.5) is 35.1 Å². The number of benzene rings is 4. The van der Waals surface area contributed by atoms with Crippen LogP contribution in [0.2, 0.25) is 0 Å². The summed E-state index contributed by atoms with van der Waals surface area (Å²) in [6.07, 6.45) is 0. The molecule has 0 nitrogen and oxygen atoms in total. The standard InChI is InChI=1S/C8H7Br.C6HBrF4.2C6H3BrF2.CH4.12Y/c1-6-4-3-5-7(2)8(6)9;7-4-5(10)2(8)1-3(9)6(4)11;7-4-1-5(8)3-6(9)2-4;7-4-2-1-3-5(8)6(4)9;;;;;;;;;;;;;/h3H,1-2H3;1H;2*1-3H;1H4;;;;;;;;;;;;/q-2;;;;;;;;;;;;;;;;. The molecule has 0 aromatic heterocycles. The maximum absolute atomic E-state index is 12.3. The molecule has 4 rings (SSSR count). The number of rotatable bonds is 0. The van der Waals surface area contributed by atoms with E-state index in [2.05, 4.69) is 75.9 Å². The van der Waals surface area contributed by atoms with Gasteiger partial charge in [-0.2, -0.15) is 0 Å². The van der Waals surface area contributed by atoms with E-state index in [0.29, 0.717) is 4.47 Å². The van der Waals surface area contributed by atoms with E-state index in [1.165, 1.54) is 24.3 Å². The number of halogens is 12.